The summed E-state index contributed by atoms with van der Waals surface area (Å²) in [5.41, 5.74) is 0. The van der Waals surface area contributed by atoms with E-state index in [0.717, 1.165) is 45.0 Å². The van der Waals surface area contributed by atoms with Crippen LogP contribution in [0.15, 0.2) is 11.2 Å². The molecule has 1 aromatic heterocycles. The van der Waals surface area contributed by atoms with Crippen LogP contribution < -0.4 is 10.6 Å². The van der Waals surface area contributed by atoms with E-state index in [2.05, 4.69) is 46.4 Å². The van der Waals surface area contributed by atoms with Crippen molar-refractivity contribution in [2.24, 2.45) is 4.99 Å². The third-order valence-corrected chi connectivity index (χ3v) is 4.33. The lowest BCUT2D eigenvalue weighted by Gasteiger charge is -2.16. The van der Waals surface area contributed by atoms with E-state index >= 15 is 0 Å². The molecular weight excluding hydrogens is 270 g/mol. The van der Waals surface area contributed by atoms with Crippen molar-refractivity contribution in [1.82, 2.24) is 20.5 Å². The molecule has 0 saturated heterocycles. The second-order valence-electron chi connectivity index (χ2n) is 4.65. The van der Waals surface area contributed by atoms with Crippen LogP contribution in [0.3, 0.4) is 0 Å². The molecular formula is C14H27N5S. The molecule has 0 aliphatic heterocycles. The zero-order chi connectivity index (χ0) is 14.8. The highest BCUT2D eigenvalue weighted by Crippen LogP contribution is 2.13. The number of nitrogens with one attached hydrogen (secondary N) is 2. The number of guanidine groups is 1. The normalized spacial score (nSPS) is 11.9. The molecule has 0 aliphatic rings. The fourth-order valence-corrected chi connectivity index (χ4v) is 2.52. The minimum absolute atomic E-state index is 0.861. The molecule has 0 unspecified atom stereocenters. The van der Waals surface area contributed by atoms with E-state index in [1.54, 1.807) is 18.4 Å². The Hall–Kier alpha value is -1.14. The minimum atomic E-state index is 0.861. The van der Waals surface area contributed by atoms with Crippen LogP contribution in [-0.4, -0.2) is 56.1 Å². The van der Waals surface area contributed by atoms with Crippen LogP contribution in [0.2, 0.25) is 0 Å². The maximum atomic E-state index is 4.42. The van der Waals surface area contributed by atoms with Gasteiger partial charge in [0, 0.05) is 44.2 Å². The van der Waals surface area contributed by atoms with Crippen LogP contribution in [0.5, 0.6) is 0 Å². The molecule has 2 N–H and O–H groups in total. The van der Waals surface area contributed by atoms with Crippen molar-refractivity contribution < 1.29 is 0 Å². The molecule has 0 aliphatic carbocycles. The van der Waals surface area contributed by atoms with E-state index in [9.17, 15) is 0 Å². The summed E-state index contributed by atoms with van der Waals surface area (Å²) in [6, 6.07) is 0. The van der Waals surface area contributed by atoms with Gasteiger partial charge in [0.25, 0.3) is 0 Å². The highest BCUT2D eigenvalue weighted by atomic mass is 32.1. The number of nitrogens with zero attached hydrogens (tertiary/aromatic N) is 3. The zero-order valence-electron chi connectivity index (χ0n) is 13.1. The molecule has 0 radical (unpaired) electrons. The van der Waals surface area contributed by atoms with E-state index in [1.807, 2.05) is 6.20 Å². The van der Waals surface area contributed by atoms with E-state index in [0.29, 0.717) is 0 Å². The number of aliphatic imine (C=N–C) groups is 1. The van der Waals surface area contributed by atoms with Crippen molar-refractivity contribution in [3.8, 4) is 0 Å². The topological polar surface area (TPSA) is 52.6 Å². The lowest BCUT2D eigenvalue weighted by Crippen LogP contribution is -2.41. The van der Waals surface area contributed by atoms with E-state index in [-0.39, 0.29) is 0 Å². The third kappa shape index (κ3) is 6.34. The molecule has 1 heterocycles. The maximum Gasteiger partial charge on any atom is 0.191 e. The molecule has 5 nitrogen and oxygen atoms in total. The summed E-state index contributed by atoms with van der Waals surface area (Å²) in [5.74, 6) is 0.863. The molecule has 0 bridgehead atoms. The first kappa shape index (κ1) is 16.9. The van der Waals surface area contributed by atoms with Crippen LogP contribution in [0.1, 0.15) is 23.7 Å². The summed E-state index contributed by atoms with van der Waals surface area (Å²) in [6.45, 7) is 8.17. The summed E-state index contributed by atoms with van der Waals surface area (Å²) < 4.78 is 0. The maximum absolute atomic E-state index is 4.42. The van der Waals surface area contributed by atoms with Gasteiger partial charge in [-0.25, -0.2) is 4.98 Å². The summed E-state index contributed by atoms with van der Waals surface area (Å²) in [5, 5.41) is 7.83. The lowest BCUT2D eigenvalue weighted by molar-refractivity contribution is 0.357. The van der Waals surface area contributed by atoms with Crippen molar-refractivity contribution in [3.63, 3.8) is 0 Å². The first-order chi connectivity index (χ1) is 9.69. The Labute approximate surface area is 126 Å². The standard InChI is InChI=1S/C14H27N5S/c1-5-12-11-18-13(20-12)7-8-16-14(15-3)17-9-10-19(4)6-2/h11H,5-10H2,1-4H3,(H2,15,16,17). The largest absolute Gasteiger partial charge is 0.356 e. The first-order valence-corrected chi connectivity index (χ1v) is 8.07. The molecule has 20 heavy (non-hydrogen) atoms. The van der Waals surface area contributed by atoms with Crippen LogP contribution >= 0.6 is 11.3 Å². The predicted octanol–water partition coefficient (Wildman–Crippen LogP) is 1.36. The van der Waals surface area contributed by atoms with Crippen LogP contribution in [0, 0.1) is 0 Å². The molecule has 6 heteroatoms. The van der Waals surface area contributed by atoms with Gasteiger partial charge in [-0.05, 0) is 20.0 Å². The lowest BCUT2D eigenvalue weighted by atomic mass is 10.4. The van der Waals surface area contributed by atoms with Crippen molar-refractivity contribution in [2.75, 3.05) is 40.3 Å². The monoisotopic (exact) mass is 297 g/mol. The van der Waals surface area contributed by atoms with E-state index < -0.39 is 0 Å². The fraction of sp³-hybridized carbons (Fsp3) is 0.714. The highest BCUT2D eigenvalue weighted by molar-refractivity contribution is 7.11. The fourth-order valence-electron chi connectivity index (χ4n) is 1.66. The van der Waals surface area contributed by atoms with Crippen molar-refractivity contribution in [1.29, 1.82) is 0 Å². The van der Waals surface area contributed by atoms with Gasteiger partial charge in [-0.15, -0.1) is 11.3 Å². The van der Waals surface area contributed by atoms with Crippen molar-refractivity contribution in [3.05, 3.63) is 16.1 Å². The van der Waals surface area contributed by atoms with E-state index in [4.69, 9.17) is 0 Å². The summed E-state index contributed by atoms with van der Waals surface area (Å²) in [7, 11) is 3.92. The van der Waals surface area contributed by atoms with Gasteiger partial charge in [-0.1, -0.05) is 13.8 Å². The number of hydrogen-bond donors (Lipinski definition) is 2. The number of aryl methyl sites for hydroxylation is 1. The van der Waals surface area contributed by atoms with Gasteiger partial charge in [0.1, 0.15) is 0 Å². The molecule has 0 aromatic carbocycles. The minimum Gasteiger partial charge on any atom is -0.356 e. The van der Waals surface area contributed by atoms with Gasteiger partial charge in [0.2, 0.25) is 0 Å². The molecule has 0 fully saturated rings. The predicted molar refractivity (Wildman–Crippen MR) is 87.7 cm³/mol. The van der Waals surface area contributed by atoms with Crippen molar-refractivity contribution >= 4 is 17.3 Å². The van der Waals surface area contributed by atoms with Crippen molar-refractivity contribution in [2.45, 2.75) is 26.7 Å². The Morgan fingerprint density at radius 1 is 1.35 bits per heavy atom. The molecule has 0 amide bonds. The number of rotatable bonds is 8. The number of likely N-dealkylation sites (N-methyl/N-ethyl adjacent to an activating group) is 1. The average molecular weight is 297 g/mol. The third-order valence-electron chi connectivity index (χ3n) is 3.13. The van der Waals surface area contributed by atoms with Gasteiger partial charge >= 0.3 is 0 Å². The van der Waals surface area contributed by atoms with E-state index in [1.165, 1.54) is 9.88 Å². The summed E-state index contributed by atoms with van der Waals surface area (Å²) in [4.78, 5) is 12.3. The Balaban J connectivity index is 2.21. The average Bonchev–Trinajstić information content (AvgIpc) is 2.93. The Bertz CT molecular complexity index is 402. The zero-order valence-corrected chi connectivity index (χ0v) is 13.9. The second-order valence-corrected chi connectivity index (χ2v) is 5.85. The molecule has 0 spiro atoms. The first-order valence-electron chi connectivity index (χ1n) is 7.26. The number of hydrogen-bond acceptors (Lipinski definition) is 4. The number of aromatic nitrogens is 1. The van der Waals surface area contributed by atoms with Gasteiger partial charge in [0.15, 0.2) is 5.96 Å². The SMILES string of the molecule is CCc1cnc(CCNC(=NC)NCCN(C)CC)s1. The van der Waals surface area contributed by atoms with Crippen LogP contribution in [0.4, 0.5) is 0 Å². The number of thiazole rings is 1. The molecule has 0 atom stereocenters. The second kappa shape index (κ2) is 9.72. The summed E-state index contributed by atoms with van der Waals surface area (Å²) >= 11 is 1.80. The van der Waals surface area contributed by atoms with Crippen LogP contribution in [-0.2, 0) is 12.8 Å². The van der Waals surface area contributed by atoms with Gasteiger partial charge < -0.3 is 15.5 Å². The van der Waals surface area contributed by atoms with Gasteiger partial charge in [-0.3, -0.25) is 4.99 Å². The quantitative estimate of drug-likeness (QED) is 0.562. The molecule has 0 saturated carbocycles. The molecule has 1 rings (SSSR count). The van der Waals surface area contributed by atoms with Gasteiger partial charge in [-0.2, -0.15) is 0 Å². The Morgan fingerprint density at radius 2 is 2.10 bits per heavy atom. The Morgan fingerprint density at radius 3 is 2.70 bits per heavy atom. The highest BCUT2D eigenvalue weighted by Gasteiger charge is 2.02. The molecule has 1 aromatic rings. The van der Waals surface area contributed by atoms with Gasteiger partial charge in [0.05, 0.1) is 5.01 Å². The Kier molecular flexibility index (Phi) is 8.22. The smallest absolute Gasteiger partial charge is 0.191 e. The summed E-state index contributed by atoms with van der Waals surface area (Å²) in [6.07, 6.45) is 3.99. The molecule has 114 valence electrons. The van der Waals surface area contributed by atoms with Crippen LogP contribution in [0.25, 0.3) is 0 Å².